The van der Waals surface area contributed by atoms with Gasteiger partial charge >= 0.3 is 6.09 Å². The van der Waals surface area contributed by atoms with Crippen molar-refractivity contribution in [3.8, 4) is 5.75 Å². The number of rotatable bonds is 7. The fraction of sp³-hybridized carbons (Fsp3) is 0.650. The van der Waals surface area contributed by atoms with E-state index >= 15 is 0 Å². The van der Waals surface area contributed by atoms with Crippen LogP contribution in [0.3, 0.4) is 0 Å². The van der Waals surface area contributed by atoms with Crippen LogP contribution in [0.4, 0.5) is 9.18 Å². The summed E-state index contributed by atoms with van der Waals surface area (Å²) in [7, 11) is 1.74. The minimum Gasteiger partial charge on any atom is -0.492 e. The van der Waals surface area contributed by atoms with Gasteiger partial charge in [0.05, 0.1) is 0 Å². The summed E-state index contributed by atoms with van der Waals surface area (Å²) in [6, 6.07) is 7.88. The molecule has 2 rings (SSSR count). The van der Waals surface area contributed by atoms with Crippen molar-refractivity contribution in [1.82, 2.24) is 9.80 Å². The number of benzene rings is 1. The Morgan fingerprint density at radius 3 is 2.81 bits per heavy atom. The quantitative estimate of drug-likeness (QED) is 0.740. The lowest BCUT2D eigenvalue weighted by atomic mass is 10.1. The largest absolute Gasteiger partial charge is 0.492 e. The summed E-state index contributed by atoms with van der Waals surface area (Å²) in [5, 5.41) is 0. The van der Waals surface area contributed by atoms with Crippen molar-refractivity contribution in [2.24, 2.45) is 0 Å². The second-order valence-electron chi connectivity index (χ2n) is 7.83. The second-order valence-corrected chi connectivity index (χ2v) is 7.83. The minimum absolute atomic E-state index is 0.318. The van der Waals surface area contributed by atoms with Crippen LogP contribution in [0.2, 0.25) is 0 Å². The second kappa shape index (κ2) is 9.21. The Hall–Kier alpha value is -1.82. The van der Waals surface area contributed by atoms with Crippen molar-refractivity contribution in [3.63, 3.8) is 0 Å². The fourth-order valence-corrected chi connectivity index (χ4v) is 2.80. The maximum atomic E-state index is 13.2. The highest BCUT2D eigenvalue weighted by atomic mass is 19.1. The summed E-state index contributed by atoms with van der Waals surface area (Å²) >= 11 is 0. The number of likely N-dealkylation sites (N-methyl/N-ethyl adjacent to an activating group) is 1. The third-order valence-electron chi connectivity index (χ3n) is 4.23. The number of hydrogen-bond donors (Lipinski definition) is 0. The van der Waals surface area contributed by atoms with E-state index in [0.717, 1.165) is 30.8 Å². The standard InChI is InChI=1S/C20H31FN2O3/c1-20(2,3)26-19(24)22(4)10-8-16-6-5-7-18(14-16)25-13-12-23-11-9-17(21)15-23/h5-7,14,17H,8-13,15H2,1-4H3/t17-/m1/s1. The molecule has 1 heterocycles. The Balaban J connectivity index is 1.75. The molecule has 1 saturated heterocycles. The molecular weight excluding hydrogens is 335 g/mol. The van der Waals surface area contributed by atoms with E-state index in [-0.39, 0.29) is 6.09 Å². The molecule has 1 aromatic rings. The highest BCUT2D eigenvalue weighted by Gasteiger charge is 2.21. The lowest BCUT2D eigenvalue weighted by molar-refractivity contribution is 0.0301. The zero-order valence-electron chi connectivity index (χ0n) is 16.3. The molecule has 0 N–H and O–H groups in total. The SMILES string of the molecule is CN(CCc1cccc(OCCN2CC[C@@H](F)C2)c1)C(=O)OC(C)(C)C. The Morgan fingerprint density at radius 1 is 1.38 bits per heavy atom. The summed E-state index contributed by atoms with van der Waals surface area (Å²) < 4.78 is 24.3. The first-order chi connectivity index (χ1) is 12.2. The van der Waals surface area contributed by atoms with E-state index in [4.69, 9.17) is 9.47 Å². The molecule has 26 heavy (non-hydrogen) atoms. The normalized spacial score (nSPS) is 18.0. The summed E-state index contributed by atoms with van der Waals surface area (Å²) in [4.78, 5) is 15.7. The average molecular weight is 366 g/mol. The Morgan fingerprint density at radius 2 is 2.15 bits per heavy atom. The van der Waals surface area contributed by atoms with E-state index in [1.54, 1.807) is 11.9 Å². The molecule has 146 valence electrons. The molecule has 1 amide bonds. The van der Waals surface area contributed by atoms with E-state index < -0.39 is 11.8 Å². The van der Waals surface area contributed by atoms with Crippen LogP contribution in [0.1, 0.15) is 32.8 Å². The van der Waals surface area contributed by atoms with Gasteiger partial charge in [-0.15, -0.1) is 0 Å². The molecule has 5 nitrogen and oxygen atoms in total. The molecule has 6 heteroatoms. The van der Waals surface area contributed by atoms with Gasteiger partial charge in [0.25, 0.3) is 0 Å². The van der Waals surface area contributed by atoms with Crippen LogP contribution in [0.5, 0.6) is 5.75 Å². The maximum Gasteiger partial charge on any atom is 0.410 e. The molecule has 0 aromatic heterocycles. The predicted octanol–water partition coefficient (Wildman–Crippen LogP) is 3.52. The number of halogens is 1. The van der Waals surface area contributed by atoms with Crippen LogP contribution >= 0.6 is 0 Å². The highest BCUT2D eigenvalue weighted by Crippen LogP contribution is 2.16. The zero-order valence-corrected chi connectivity index (χ0v) is 16.3. The number of amides is 1. The molecule has 1 fully saturated rings. The van der Waals surface area contributed by atoms with E-state index in [1.807, 2.05) is 45.0 Å². The molecular formula is C20H31FN2O3. The zero-order chi connectivity index (χ0) is 19.2. The first-order valence-corrected chi connectivity index (χ1v) is 9.25. The van der Waals surface area contributed by atoms with Crippen molar-refractivity contribution < 1.29 is 18.7 Å². The maximum absolute atomic E-state index is 13.2. The number of hydrogen-bond acceptors (Lipinski definition) is 4. The number of likely N-dealkylation sites (tertiary alicyclic amines) is 1. The smallest absolute Gasteiger partial charge is 0.410 e. The first-order valence-electron chi connectivity index (χ1n) is 9.25. The Kier molecular flexibility index (Phi) is 7.26. The molecule has 0 saturated carbocycles. The van der Waals surface area contributed by atoms with Gasteiger partial charge in [0, 0.05) is 33.2 Å². The van der Waals surface area contributed by atoms with Crippen LogP contribution in [0.15, 0.2) is 24.3 Å². The van der Waals surface area contributed by atoms with Crippen LogP contribution in [-0.2, 0) is 11.2 Å². The van der Waals surface area contributed by atoms with Gasteiger partial charge in [-0.2, -0.15) is 0 Å². The van der Waals surface area contributed by atoms with Crippen molar-refractivity contribution in [2.75, 3.05) is 39.8 Å². The molecule has 1 aliphatic rings. The number of nitrogens with zero attached hydrogens (tertiary/aromatic N) is 2. The summed E-state index contributed by atoms with van der Waals surface area (Å²) in [5.74, 6) is 0.804. The molecule has 1 aromatic carbocycles. The van der Waals surface area contributed by atoms with Crippen molar-refractivity contribution in [1.29, 1.82) is 0 Å². The molecule has 0 radical (unpaired) electrons. The number of carbonyl (C=O) groups is 1. The molecule has 0 bridgehead atoms. The summed E-state index contributed by atoms with van der Waals surface area (Å²) in [6.07, 6.45) is 0.338. The number of alkyl halides is 1. The van der Waals surface area contributed by atoms with Gasteiger partial charge < -0.3 is 14.4 Å². The number of carbonyl (C=O) groups excluding carboxylic acids is 1. The lowest BCUT2D eigenvalue weighted by Crippen LogP contribution is -2.35. The highest BCUT2D eigenvalue weighted by molar-refractivity contribution is 5.67. The van der Waals surface area contributed by atoms with Gasteiger partial charge in [-0.3, -0.25) is 4.90 Å². The Bertz CT molecular complexity index is 589. The van der Waals surface area contributed by atoms with Crippen LogP contribution in [0.25, 0.3) is 0 Å². The molecule has 1 atom stereocenters. The number of ether oxygens (including phenoxy) is 2. The van der Waals surface area contributed by atoms with Gasteiger partial charge in [0.15, 0.2) is 0 Å². The summed E-state index contributed by atoms with van der Waals surface area (Å²) in [5.41, 5.74) is 0.610. The topological polar surface area (TPSA) is 42.0 Å². The third kappa shape index (κ3) is 7.20. The summed E-state index contributed by atoms with van der Waals surface area (Å²) in [6.45, 7) is 8.76. The van der Waals surface area contributed by atoms with E-state index in [9.17, 15) is 9.18 Å². The van der Waals surface area contributed by atoms with E-state index in [1.165, 1.54) is 0 Å². The van der Waals surface area contributed by atoms with Crippen molar-refractivity contribution in [3.05, 3.63) is 29.8 Å². The van der Waals surface area contributed by atoms with Crippen molar-refractivity contribution >= 4 is 6.09 Å². The fourth-order valence-electron chi connectivity index (χ4n) is 2.80. The van der Waals surface area contributed by atoms with E-state index in [0.29, 0.717) is 26.1 Å². The van der Waals surface area contributed by atoms with Gasteiger partial charge in [-0.25, -0.2) is 9.18 Å². The third-order valence-corrected chi connectivity index (χ3v) is 4.23. The minimum atomic E-state index is -0.694. The van der Waals surface area contributed by atoms with Gasteiger partial charge in [-0.1, -0.05) is 12.1 Å². The van der Waals surface area contributed by atoms with Gasteiger partial charge in [-0.05, 0) is 51.3 Å². The van der Waals surface area contributed by atoms with Crippen molar-refractivity contribution in [2.45, 2.75) is 45.4 Å². The molecule has 1 aliphatic heterocycles. The lowest BCUT2D eigenvalue weighted by Gasteiger charge is -2.24. The monoisotopic (exact) mass is 366 g/mol. The molecule has 0 unspecified atom stereocenters. The van der Waals surface area contributed by atoms with E-state index in [2.05, 4.69) is 4.90 Å². The van der Waals surface area contributed by atoms with Crippen LogP contribution < -0.4 is 4.74 Å². The molecule has 0 spiro atoms. The van der Waals surface area contributed by atoms with Crippen LogP contribution in [-0.4, -0.2) is 67.5 Å². The van der Waals surface area contributed by atoms with Crippen LogP contribution in [0, 0.1) is 0 Å². The van der Waals surface area contributed by atoms with Gasteiger partial charge in [0.2, 0.25) is 0 Å². The molecule has 0 aliphatic carbocycles. The van der Waals surface area contributed by atoms with Gasteiger partial charge in [0.1, 0.15) is 24.1 Å². The first kappa shape index (κ1) is 20.5. The predicted molar refractivity (Wildman–Crippen MR) is 100 cm³/mol. The Labute approximate surface area is 156 Å². The average Bonchev–Trinajstić information content (AvgIpc) is 2.97.